The molecule has 1 saturated heterocycles. The fraction of sp³-hybridized carbons (Fsp3) is 0.394. The van der Waals surface area contributed by atoms with E-state index in [9.17, 15) is 9.59 Å². The van der Waals surface area contributed by atoms with Crippen LogP contribution in [-0.2, 0) is 25.6 Å². The van der Waals surface area contributed by atoms with Crippen LogP contribution in [0.2, 0.25) is 0 Å². The Kier molecular flexibility index (Phi) is 11.2. The number of hydrogen-bond donors (Lipinski definition) is 1. The van der Waals surface area contributed by atoms with Crippen LogP contribution >= 0.6 is 11.8 Å². The number of rotatable bonds is 12. The summed E-state index contributed by atoms with van der Waals surface area (Å²) in [5, 5.41) is 2.91. The van der Waals surface area contributed by atoms with Gasteiger partial charge in [0.25, 0.3) is 5.91 Å². The average Bonchev–Trinajstić information content (AvgIpc) is 3.00. The number of aryl methyl sites for hydroxylation is 1. The fourth-order valence-electron chi connectivity index (χ4n) is 5.19. The average molecular weight is 562 g/mol. The Balaban J connectivity index is 1.62. The smallest absolute Gasteiger partial charge is 0.328 e. The van der Waals surface area contributed by atoms with Crippen molar-refractivity contribution in [3.63, 3.8) is 0 Å². The van der Waals surface area contributed by atoms with Gasteiger partial charge in [-0.1, -0.05) is 60.7 Å². The minimum absolute atomic E-state index is 0.0350. The van der Waals surface area contributed by atoms with Gasteiger partial charge in [-0.25, -0.2) is 4.79 Å². The van der Waals surface area contributed by atoms with Crippen LogP contribution < -0.4 is 5.32 Å². The van der Waals surface area contributed by atoms with Crippen LogP contribution in [0.1, 0.15) is 52.4 Å². The molecule has 3 aromatic carbocycles. The number of carbonyl (C=O) groups is 2. The minimum Gasteiger partial charge on any atom is -0.467 e. The Labute approximate surface area is 241 Å². The summed E-state index contributed by atoms with van der Waals surface area (Å²) in [4.78, 5) is 25.9. The predicted octanol–water partition coefficient (Wildman–Crippen LogP) is 6.37. The SMILES string of the molecule is COC(=O)C(CCSC)NC(=O)c1ccc(COC(c2ccccc2)C2CCOCC2)cc1-c1ccccc1C. The molecule has 1 aliphatic heterocycles. The number of thioether (sulfide) groups is 1. The lowest BCUT2D eigenvalue weighted by Crippen LogP contribution is -2.42. The highest BCUT2D eigenvalue weighted by atomic mass is 32.2. The lowest BCUT2D eigenvalue weighted by Gasteiger charge is -2.31. The molecule has 1 amide bonds. The van der Waals surface area contributed by atoms with E-state index < -0.39 is 12.0 Å². The fourth-order valence-corrected chi connectivity index (χ4v) is 5.66. The third-order valence-electron chi connectivity index (χ3n) is 7.42. The predicted molar refractivity (Wildman–Crippen MR) is 160 cm³/mol. The van der Waals surface area contributed by atoms with Gasteiger partial charge in [-0.15, -0.1) is 0 Å². The van der Waals surface area contributed by atoms with Gasteiger partial charge >= 0.3 is 5.97 Å². The second-order valence-electron chi connectivity index (χ2n) is 10.1. The van der Waals surface area contributed by atoms with Crippen LogP contribution in [0.3, 0.4) is 0 Å². The van der Waals surface area contributed by atoms with E-state index in [1.54, 1.807) is 11.8 Å². The van der Waals surface area contributed by atoms with Crippen molar-refractivity contribution in [1.82, 2.24) is 5.32 Å². The summed E-state index contributed by atoms with van der Waals surface area (Å²) in [6.45, 7) is 3.95. The van der Waals surface area contributed by atoms with Gasteiger partial charge in [0.05, 0.1) is 19.8 Å². The highest BCUT2D eigenvalue weighted by Crippen LogP contribution is 2.35. The summed E-state index contributed by atoms with van der Waals surface area (Å²) in [6, 6.07) is 23.5. The third kappa shape index (κ3) is 7.74. The van der Waals surface area contributed by atoms with Crippen LogP contribution in [0, 0.1) is 12.8 Å². The van der Waals surface area contributed by atoms with Gasteiger partial charge < -0.3 is 19.5 Å². The van der Waals surface area contributed by atoms with Crippen molar-refractivity contribution in [2.45, 2.75) is 44.9 Å². The zero-order chi connectivity index (χ0) is 28.3. The van der Waals surface area contributed by atoms with Gasteiger partial charge in [-0.2, -0.15) is 11.8 Å². The number of amides is 1. The van der Waals surface area contributed by atoms with Gasteiger partial charge in [0.1, 0.15) is 6.04 Å². The number of nitrogens with one attached hydrogen (secondary N) is 1. The van der Waals surface area contributed by atoms with Gasteiger partial charge in [-0.05, 0) is 84.1 Å². The third-order valence-corrected chi connectivity index (χ3v) is 8.06. The highest BCUT2D eigenvalue weighted by molar-refractivity contribution is 7.98. The molecule has 212 valence electrons. The zero-order valence-electron chi connectivity index (χ0n) is 23.6. The van der Waals surface area contributed by atoms with Crippen molar-refractivity contribution in [3.8, 4) is 11.1 Å². The van der Waals surface area contributed by atoms with Gasteiger partial charge in [0.2, 0.25) is 0 Å². The number of ether oxygens (including phenoxy) is 3. The molecule has 6 nitrogen and oxygen atoms in total. The first-order valence-corrected chi connectivity index (χ1v) is 15.2. The summed E-state index contributed by atoms with van der Waals surface area (Å²) >= 11 is 1.62. The van der Waals surface area contributed by atoms with Crippen molar-refractivity contribution < 1.29 is 23.8 Å². The molecule has 0 aromatic heterocycles. The number of carbonyl (C=O) groups excluding carboxylic acids is 2. The number of esters is 1. The van der Waals surface area contributed by atoms with Gasteiger partial charge in [-0.3, -0.25) is 4.79 Å². The largest absolute Gasteiger partial charge is 0.467 e. The Bertz CT molecular complexity index is 1260. The first kappa shape index (κ1) is 29.8. The summed E-state index contributed by atoms with van der Waals surface area (Å²) in [5.74, 6) is 0.376. The molecular weight excluding hydrogens is 522 g/mol. The van der Waals surface area contributed by atoms with Crippen LogP contribution in [0.4, 0.5) is 0 Å². The lowest BCUT2D eigenvalue weighted by molar-refractivity contribution is -0.142. The van der Waals surface area contributed by atoms with Gasteiger partial charge in [0, 0.05) is 18.8 Å². The van der Waals surface area contributed by atoms with Crippen molar-refractivity contribution in [2.75, 3.05) is 32.3 Å². The van der Waals surface area contributed by atoms with E-state index in [1.165, 1.54) is 12.7 Å². The molecule has 4 rings (SSSR count). The summed E-state index contributed by atoms with van der Waals surface area (Å²) in [7, 11) is 1.34. The number of methoxy groups -OCH3 is 1. The number of benzene rings is 3. The van der Waals surface area contributed by atoms with E-state index >= 15 is 0 Å². The normalized spacial score (nSPS) is 15.3. The first-order valence-electron chi connectivity index (χ1n) is 13.8. The maximum absolute atomic E-state index is 13.5. The molecule has 0 saturated carbocycles. The second kappa shape index (κ2) is 15.0. The second-order valence-corrected chi connectivity index (χ2v) is 11.1. The highest BCUT2D eigenvalue weighted by Gasteiger charge is 2.27. The van der Waals surface area contributed by atoms with E-state index in [0.29, 0.717) is 24.5 Å². The molecule has 1 fully saturated rings. The van der Waals surface area contributed by atoms with E-state index in [1.807, 2.05) is 61.7 Å². The topological polar surface area (TPSA) is 73.9 Å². The quantitative estimate of drug-likeness (QED) is 0.259. The van der Waals surface area contributed by atoms with Crippen molar-refractivity contribution >= 4 is 23.6 Å². The maximum atomic E-state index is 13.5. The zero-order valence-corrected chi connectivity index (χ0v) is 24.4. The number of hydrogen-bond acceptors (Lipinski definition) is 6. The van der Waals surface area contributed by atoms with Crippen molar-refractivity contribution in [3.05, 3.63) is 95.1 Å². The molecule has 0 bridgehead atoms. The molecule has 1 aliphatic rings. The molecule has 0 spiro atoms. The molecular formula is C33H39NO5S. The minimum atomic E-state index is -0.705. The molecule has 2 unspecified atom stereocenters. The monoisotopic (exact) mass is 561 g/mol. The molecule has 1 N–H and O–H groups in total. The molecule has 40 heavy (non-hydrogen) atoms. The Morgan fingerprint density at radius 1 is 1.00 bits per heavy atom. The summed E-state index contributed by atoms with van der Waals surface area (Å²) in [6.07, 6.45) is 4.36. The van der Waals surface area contributed by atoms with E-state index in [0.717, 1.165) is 54.1 Å². The Morgan fingerprint density at radius 2 is 1.73 bits per heavy atom. The molecule has 2 atom stereocenters. The molecule has 7 heteroatoms. The van der Waals surface area contributed by atoms with E-state index in [4.69, 9.17) is 14.2 Å². The van der Waals surface area contributed by atoms with Crippen LogP contribution in [0.15, 0.2) is 72.8 Å². The van der Waals surface area contributed by atoms with E-state index in [-0.39, 0.29) is 12.0 Å². The van der Waals surface area contributed by atoms with Gasteiger partial charge in [0.15, 0.2) is 0 Å². The Morgan fingerprint density at radius 3 is 2.42 bits per heavy atom. The Hall–Kier alpha value is -3.13. The van der Waals surface area contributed by atoms with Crippen LogP contribution in [0.25, 0.3) is 11.1 Å². The lowest BCUT2D eigenvalue weighted by atomic mass is 9.89. The standard InChI is InChI=1S/C33H39NO5S/c1-23-9-7-8-12-27(23)29-21-24(13-14-28(29)32(35)34-30(17-20-40-3)33(36)37-2)22-39-31(25-10-5-4-6-11-25)26-15-18-38-19-16-26/h4-14,21,26,30-31H,15-20,22H2,1-3H3,(H,34,35). The van der Waals surface area contributed by atoms with Crippen LogP contribution in [0.5, 0.6) is 0 Å². The molecule has 0 aliphatic carbocycles. The first-order chi connectivity index (χ1) is 19.5. The molecule has 1 heterocycles. The van der Waals surface area contributed by atoms with Crippen LogP contribution in [-0.4, -0.2) is 50.3 Å². The summed E-state index contributed by atoms with van der Waals surface area (Å²) in [5.41, 5.74) is 5.51. The maximum Gasteiger partial charge on any atom is 0.328 e. The van der Waals surface area contributed by atoms with E-state index in [2.05, 4.69) is 29.6 Å². The molecule has 3 aromatic rings. The van der Waals surface area contributed by atoms with Crippen molar-refractivity contribution in [2.24, 2.45) is 5.92 Å². The summed E-state index contributed by atoms with van der Waals surface area (Å²) < 4.78 is 17.2. The molecule has 0 radical (unpaired) electrons. The van der Waals surface area contributed by atoms with Crippen molar-refractivity contribution in [1.29, 1.82) is 0 Å².